The quantitative estimate of drug-likeness (QED) is 0.142. The van der Waals surface area contributed by atoms with E-state index in [9.17, 15) is 0 Å². The van der Waals surface area contributed by atoms with Crippen molar-refractivity contribution in [1.82, 2.24) is 4.98 Å². The van der Waals surface area contributed by atoms with Crippen LogP contribution in [0, 0.1) is 19.1 Å². The van der Waals surface area contributed by atoms with Gasteiger partial charge in [-0.25, -0.2) is 0 Å². The first kappa shape index (κ1) is 25.3. The molecule has 1 aliphatic heterocycles. The molecule has 0 fully saturated rings. The molecule has 0 saturated heterocycles. The van der Waals surface area contributed by atoms with Crippen LogP contribution in [0.1, 0.15) is 5.56 Å². The van der Waals surface area contributed by atoms with E-state index < -0.39 is 0 Å². The molecule has 0 N–H and O–H groups in total. The third kappa shape index (κ3) is 5.18. The number of hydrogen-bond acceptors (Lipinski definition) is 2. The zero-order chi connectivity index (χ0) is 25.0. The second-order valence-corrected chi connectivity index (χ2v) is 8.64. The van der Waals surface area contributed by atoms with Gasteiger partial charge in [0.1, 0.15) is 5.58 Å². The molecule has 2 aromatic heterocycles. The van der Waals surface area contributed by atoms with Crippen LogP contribution >= 0.6 is 0 Å². The van der Waals surface area contributed by atoms with Gasteiger partial charge in [-0.3, -0.25) is 0 Å². The van der Waals surface area contributed by atoms with Gasteiger partial charge in [0, 0.05) is 43.8 Å². The van der Waals surface area contributed by atoms with Crippen LogP contribution in [-0.2, 0) is 20.1 Å². The summed E-state index contributed by atoms with van der Waals surface area (Å²) in [5, 5.41) is 2.21. The molecule has 0 amide bonds. The average Bonchev–Trinajstić information content (AvgIpc) is 3.60. The van der Waals surface area contributed by atoms with Crippen LogP contribution in [-0.4, -0.2) is 20.1 Å². The van der Waals surface area contributed by atoms with E-state index in [1.54, 1.807) is 0 Å². The van der Waals surface area contributed by atoms with Gasteiger partial charge in [0.25, 0.3) is 12.4 Å². The third-order valence-corrected chi connectivity index (χ3v) is 6.07. The van der Waals surface area contributed by atoms with Gasteiger partial charge in [0.15, 0.2) is 5.69 Å². The first-order valence-corrected chi connectivity index (χ1v) is 12.1. The van der Waals surface area contributed by atoms with Gasteiger partial charge < -0.3 is 9.40 Å². The molecule has 1 radical (unpaired) electrons. The molecule has 0 unspecified atom stereocenters. The Morgan fingerprint density at radius 2 is 1.53 bits per heavy atom. The summed E-state index contributed by atoms with van der Waals surface area (Å²) in [7, 11) is 0. The normalized spacial score (nSPS) is 11.9. The molecule has 6 aromatic rings. The first-order valence-electron chi connectivity index (χ1n) is 12.1. The minimum absolute atomic E-state index is 0. The molecule has 0 atom stereocenters. The first-order chi connectivity index (χ1) is 18.3. The van der Waals surface area contributed by atoms with E-state index in [-0.39, 0.29) is 20.1 Å². The second-order valence-electron chi connectivity index (χ2n) is 8.64. The summed E-state index contributed by atoms with van der Waals surface area (Å²) in [6.07, 6.45) is 5.81. The Bertz CT molecular complexity index is 1800. The van der Waals surface area contributed by atoms with Crippen molar-refractivity contribution in [2.45, 2.75) is 6.92 Å². The number of benzene rings is 4. The summed E-state index contributed by atoms with van der Waals surface area (Å²) in [4.78, 5) is 4.32. The number of fused-ring (bicyclic) bond motifs is 3. The molecule has 0 saturated carbocycles. The van der Waals surface area contributed by atoms with E-state index in [0.29, 0.717) is 0 Å². The smallest absolute Gasteiger partial charge is 0.500 e. The van der Waals surface area contributed by atoms with Crippen molar-refractivity contribution in [3.63, 3.8) is 0 Å². The number of nitrogens with zero attached hydrogens (tertiary/aromatic N) is 3. The molecule has 185 valence electrons. The van der Waals surface area contributed by atoms with Gasteiger partial charge in [-0.05, 0) is 24.2 Å². The maximum absolute atomic E-state index is 6.07. The zero-order valence-corrected chi connectivity index (χ0v) is 23.0. The summed E-state index contributed by atoms with van der Waals surface area (Å²) in [5.74, 6) is 0. The van der Waals surface area contributed by atoms with Crippen LogP contribution in [0.2, 0.25) is 0 Å². The van der Waals surface area contributed by atoms with Crippen LogP contribution in [0.25, 0.3) is 33.2 Å². The number of furan rings is 1. The Kier molecular flexibility index (Phi) is 7.53. The van der Waals surface area contributed by atoms with E-state index in [0.717, 1.165) is 44.6 Å². The largest absolute Gasteiger partial charge is 0.509 e. The fourth-order valence-corrected chi connectivity index (χ4v) is 4.21. The molecule has 0 aliphatic carbocycles. The Balaban J connectivity index is 0.000000179. The number of hydrogen-bond donors (Lipinski definition) is 0. The summed E-state index contributed by atoms with van der Waals surface area (Å²) < 4.78 is 9.94. The summed E-state index contributed by atoms with van der Waals surface area (Å²) in [6, 6.07) is 43.9. The Labute approximate surface area is 234 Å². The van der Waals surface area contributed by atoms with Gasteiger partial charge in [0.05, 0.1) is 5.58 Å². The van der Waals surface area contributed by atoms with Crippen molar-refractivity contribution < 1.29 is 33.7 Å². The molecule has 1 aliphatic rings. The van der Waals surface area contributed by atoms with Gasteiger partial charge in [-0.15, -0.1) is 42.0 Å². The summed E-state index contributed by atoms with van der Waals surface area (Å²) in [5.41, 5.74) is 6.84. The fraction of sp³-hybridized carbons (Fsp3) is 0.0303. The molecule has 3 heterocycles. The molecule has 4 nitrogen and oxygen atoms in total. The van der Waals surface area contributed by atoms with Crippen molar-refractivity contribution in [3.8, 4) is 11.3 Å². The number of rotatable bonds is 3. The van der Waals surface area contributed by atoms with Gasteiger partial charge >= 0.3 is 6.01 Å². The SMILES string of the molecule is C1=[N+](c2ccccc2)C=C[N+]=1c1[c-]ccc2c1oc1ccccc12.Cc1ccc(-c2[c-]cccc2)nc1.[Ir]. The van der Waals surface area contributed by atoms with Gasteiger partial charge in [0.2, 0.25) is 5.69 Å². The molecule has 7 rings (SSSR count). The standard InChI is InChI=1S/C21H13N2O.C12H10N.Ir/c1-2-7-16(8-3-1)22-13-14-23(15-22)19-11-6-10-18-17-9-4-5-12-20(17)24-21(18)19;1-10-7-8-12(13-9-10)11-5-3-2-4-6-11;/h1-10,12-14H;2-5,7-9H,1H3;/q+1;-1;. The van der Waals surface area contributed by atoms with Crippen LogP contribution in [0.3, 0.4) is 0 Å². The van der Waals surface area contributed by atoms with Crippen LogP contribution in [0.4, 0.5) is 11.4 Å². The molecule has 0 bridgehead atoms. The minimum atomic E-state index is 0. The van der Waals surface area contributed by atoms with Crippen molar-refractivity contribution in [1.29, 1.82) is 0 Å². The molecule has 4 aromatic carbocycles. The van der Waals surface area contributed by atoms with E-state index in [1.165, 1.54) is 5.56 Å². The average molecular weight is 670 g/mol. The second kappa shape index (κ2) is 11.3. The monoisotopic (exact) mass is 670 g/mol. The van der Waals surface area contributed by atoms with Crippen LogP contribution < -0.4 is 0 Å². The summed E-state index contributed by atoms with van der Waals surface area (Å²) in [6.45, 7) is 2.03. The van der Waals surface area contributed by atoms with Gasteiger partial charge in [-0.1, -0.05) is 63.1 Å². The number of aryl methyl sites for hydroxylation is 1. The van der Waals surface area contributed by atoms with E-state index in [2.05, 4.69) is 35.3 Å². The van der Waals surface area contributed by atoms with Gasteiger partial charge in [-0.2, -0.15) is 12.1 Å². The van der Waals surface area contributed by atoms with Crippen molar-refractivity contribution >= 4 is 39.3 Å². The summed E-state index contributed by atoms with van der Waals surface area (Å²) >= 11 is 0. The topological polar surface area (TPSA) is 32.0 Å². The number of pyridine rings is 1. The van der Waals surface area contributed by atoms with E-state index in [1.807, 2.05) is 126 Å². The molecule has 0 spiro atoms. The number of aromatic nitrogens is 1. The Morgan fingerprint density at radius 1 is 0.737 bits per heavy atom. The fourth-order valence-electron chi connectivity index (χ4n) is 4.21. The minimum Gasteiger partial charge on any atom is -0.509 e. The maximum atomic E-state index is 6.07. The molecular weight excluding hydrogens is 647 g/mol. The Hall–Kier alpha value is -4.40. The predicted octanol–water partition coefficient (Wildman–Crippen LogP) is 7.89. The van der Waals surface area contributed by atoms with Crippen molar-refractivity contribution in [3.05, 3.63) is 139 Å². The van der Waals surface area contributed by atoms with Crippen LogP contribution in [0.5, 0.6) is 0 Å². The van der Waals surface area contributed by atoms with E-state index in [4.69, 9.17) is 4.42 Å². The Morgan fingerprint density at radius 3 is 2.32 bits per heavy atom. The molecule has 5 heteroatoms. The number of para-hydroxylation sites is 2. The molecule has 38 heavy (non-hydrogen) atoms. The van der Waals surface area contributed by atoms with E-state index >= 15 is 0 Å². The van der Waals surface area contributed by atoms with Crippen molar-refractivity contribution in [2.75, 3.05) is 0 Å². The zero-order valence-electron chi connectivity index (χ0n) is 20.6. The van der Waals surface area contributed by atoms with Crippen molar-refractivity contribution in [2.24, 2.45) is 0 Å². The molecular formula is C33H23IrN3O. The maximum Gasteiger partial charge on any atom is 0.500 e. The van der Waals surface area contributed by atoms with Crippen LogP contribution in [0.15, 0.2) is 126 Å². The third-order valence-electron chi connectivity index (χ3n) is 6.07. The predicted molar refractivity (Wildman–Crippen MR) is 146 cm³/mol.